The number of rotatable bonds is 1. The van der Waals surface area contributed by atoms with Crippen molar-refractivity contribution in [2.75, 3.05) is 13.6 Å². The summed E-state index contributed by atoms with van der Waals surface area (Å²) in [5.74, 6) is 0.556. The van der Waals surface area contributed by atoms with Crippen molar-refractivity contribution in [1.82, 2.24) is 9.88 Å². The first-order valence-corrected chi connectivity index (χ1v) is 11.9. The molecule has 2 atom stereocenters. The van der Waals surface area contributed by atoms with Crippen LogP contribution in [-0.2, 0) is 6.42 Å². The van der Waals surface area contributed by atoms with Crippen LogP contribution < -0.4 is 5.32 Å². The predicted molar refractivity (Wildman–Crippen MR) is 97.9 cm³/mol. The van der Waals surface area contributed by atoms with Crippen LogP contribution in [0.15, 0.2) is 29.8 Å². The second kappa shape index (κ2) is 4.59. The van der Waals surface area contributed by atoms with Gasteiger partial charge in [0.2, 0.25) is 0 Å². The molecule has 2 aromatic rings. The average molecular weight is 311 g/mol. The van der Waals surface area contributed by atoms with Crippen LogP contribution in [0, 0.1) is 0 Å². The van der Waals surface area contributed by atoms with E-state index in [0.717, 1.165) is 6.54 Å². The van der Waals surface area contributed by atoms with Gasteiger partial charge in [-0.15, -0.1) is 0 Å². The topological polar surface area (TPSA) is 19.0 Å². The molecule has 1 aromatic carbocycles. The van der Waals surface area contributed by atoms with Gasteiger partial charge in [0.25, 0.3) is 0 Å². The van der Waals surface area contributed by atoms with Crippen LogP contribution in [0.2, 0.25) is 19.6 Å². The van der Waals surface area contributed by atoms with E-state index in [2.05, 4.69) is 67.8 Å². The highest BCUT2D eigenvalue weighted by molar-refractivity contribution is 6.88. The average Bonchev–Trinajstić information content (AvgIpc) is 2.81. The Hall–Kier alpha value is -1.32. The Balaban J connectivity index is 2.01. The number of fused-ring (bicyclic) bond motifs is 2. The quantitative estimate of drug-likeness (QED) is 0.630. The lowest BCUT2D eigenvalue weighted by atomic mass is 9.77. The summed E-state index contributed by atoms with van der Waals surface area (Å²) in [5.41, 5.74) is 6.01. The van der Waals surface area contributed by atoms with Gasteiger partial charge in [0.15, 0.2) is 0 Å². The van der Waals surface area contributed by atoms with E-state index in [1.165, 1.54) is 28.5 Å². The molecule has 0 spiro atoms. The summed E-state index contributed by atoms with van der Waals surface area (Å²) in [6, 6.07) is 7.46. The number of hydrogen-bond donors (Lipinski definition) is 1. The maximum atomic E-state index is 3.79. The fraction of sp³-hybridized carbons (Fsp3) is 0.474. The van der Waals surface area contributed by atoms with Gasteiger partial charge in [-0.3, -0.25) is 4.90 Å². The van der Waals surface area contributed by atoms with Gasteiger partial charge in [-0.2, -0.15) is 0 Å². The zero-order valence-electron chi connectivity index (χ0n) is 14.3. The van der Waals surface area contributed by atoms with Gasteiger partial charge in [0.1, 0.15) is 0 Å². The number of aromatic amines is 1. The molecule has 0 saturated heterocycles. The first-order valence-electron chi connectivity index (χ1n) is 8.38. The fourth-order valence-corrected chi connectivity index (χ4v) is 6.15. The van der Waals surface area contributed by atoms with Gasteiger partial charge in [-0.05, 0) is 37.6 Å². The minimum absolute atomic E-state index is 0.556. The molecular formula is C19H26N2Si. The SMILES string of the molecule is CC1=C[C@@H]2c3cccc4[nH]c([Si](C)(C)C)c(c34)C[C@H]2N(C)C1. The molecule has 0 unspecified atom stereocenters. The lowest BCUT2D eigenvalue weighted by Crippen LogP contribution is -2.47. The Morgan fingerprint density at radius 2 is 2.00 bits per heavy atom. The number of H-pyrrole nitrogens is 1. The van der Waals surface area contributed by atoms with Gasteiger partial charge in [-0.25, -0.2) is 0 Å². The molecule has 0 fully saturated rings. The molecule has 2 nitrogen and oxygen atoms in total. The highest BCUT2D eigenvalue weighted by atomic mass is 28.3. The third kappa shape index (κ3) is 1.95. The van der Waals surface area contributed by atoms with Gasteiger partial charge in [0, 0.05) is 34.7 Å². The van der Waals surface area contributed by atoms with Crippen LogP contribution in [0.4, 0.5) is 0 Å². The van der Waals surface area contributed by atoms with Gasteiger partial charge >= 0.3 is 0 Å². The van der Waals surface area contributed by atoms with Crippen molar-refractivity contribution < 1.29 is 0 Å². The Kier molecular flexibility index (Phi) is 2.98. The second-order valence-electron chi connectivity index (χ2n) is 8.22. The first kappa shape index (κ1) is 14.3. The van der Waals surface area contributed by atoms with Gasteiger partial charge in [0.05, 0.1) is 8.07 Å². The van der Waals surface area contributed by atoms with Crippen molar-refractivity contribution in [3.8, 4) is 0 Å². The summed E-state index contributed by atoms with van der Waals surface area (Å²) in [6.07, 6.45) is 3.71. The second-order valence-corrected chi connectivity index (χ2v) is 13.2. The van der Waals surface area contributed by atoms with E-state index in [1.54, 1.807) is 10.9 Å². The Morgan fingerprint density at radius 3 is 2.73 bits per heavy atom. The van der Waals surface area contributed by atoms with Crippen molar-refractivity contribution in [2.24, 2.45) is 0 Å². The minimum atomic E-state index is -1.35. The molecule has 0 saturated carbocycles. The molecule has 22 heavy (non-hydrogen) atoms. The van der Waals surface area contributed by atoms with E-state index in [9.17, 15) is 0 Å². The lowest BCUT2D eigenvalue weighted by Gasteiger charge is -2.41. The first-order chi connectivity index (χ1) is 10.4. The largest absolute Gasteiger partial charge is 0.362 e. The van der Waals surface area contributed by atoms with E-state index in [4.69, 9.17) is 0 Å². The van der Waals surface area contributed by atoms with Crippen LogP contribution in [0.5, 0.6) is 0 Å². The van der Waals surface area contributed by atoms with Crippen LogP contribution >= 0.6 is 0 Å². The molecular weight excluding hydrogens is 284 g/mol. The van der Waals surface area contributed by atoms with Crippen LogP contribution in [-0.4, -0.2) is 37.6 Å². The van der Waals surface area contributed by atoms with E-state index in [1.807, 2.05) is 0 Å². The Labute approximate surface area is 134 Å². The minimum Gasteiger partial charge on any atom is -0.362 e. The van der Waals surface area contributed by atoms with Crippen molar-refractivity contribution in [3.05, 3.63) is 41.0 Å². The lowest BCUT2D eigenvalue weighted by molar-refractivity contribution is 0.225. The molecule has 1 aromatic heterocycles. The third-order valence-corrected chi connectivity index (χ3v) is 7.35. The van der Waals surface area contributed by atoms with Crippen molar-refractivity contribution in [1.29, 1.82) is 0 Å². The Bertz CT molecular complexity index is 779. The van der Waals surface area contributed by atoms with Crippen LogP contribution in [0.3, 0.4) is 0 Å². The number of nitrogens with zero attached hydrogens (tertiary/aromatic N) is 1. The maximum absolute atomic E-state index is 3.79. The van der Waals surface area contributed by atoms with Crippen molar-refractivity contribution >= 4 is 24.3 Å². The van der Waals surface area contributed by atoms with Crippen molar-refractivity contribution in [3.63, 3.8) is 0 Å². The molecule has 0 radical (unpaired) electrons. The third-order valence-electron chi connectivity index (χ3n) is 5.43. The zero-order valence-corrected chi connectivity index (χ0v) is 15.3. The number of nitrogens with one attached hydrogen (secondary N) is 1. The normalized spacial score (nSPS) is 25.2. The number of hydrogen-bond acceptors (Lipinski definition) is 1. The van der Waals surface area contributed by atoms with Gasteiger partial charge < -0.3 is 4.98 Å². The maximum Gasteiger partial charge on any atom is 0.0985 e. The summed E-state index contributed by atoms with van der Waals surface area (Å²) in [6.45, 7) is 10.7. The molecule has 0 bridgehead atoms. The molecule has 1 aliphatic carbocycles. The monoisotopic (exact) mass is 310 g/mol. The van der Waals surface area contributed by atoms with E-state index < -0.39 is 8.07 Å². The molecule has 4 rings (SSSR count). The standard InChI is InChI=1S/C19H26N2Si/c1-12-9-14-13-7-6-8-16-18(13)15(10-17(14)21(2)11-12)19(20-16)22(3,4)5/h6-9,14,17,20H,10-11H2,1-5H3/t14-,17-/m1/s1. The molecule has 2 aliphatic rings. The molecule has 0 amide bonds. The Morgan fingerprint density at radius 1 is 1.23 bits per heavy atom. The summed E-state index contributed by atoms with van der Waals surface area (Å²) >= 11 is 0. The van der Waals surface area contributed by atoms with Crippen LogP contribution in [0.25, 0.3) is 10.9 Å². The molecule has 116 valence electrons. The van der Waals surface area contributed by atoms with E-state index >= 15 is 0 Å². The number of aromatic nitrogens is 1. The smallest absolute Gasteiger partial charge is 0.0985 e. The van der Waals surface area contributed by atoms with E-state index in [0.29, 0.717) is 12.0 Å². The molecule has 3 heteroatoms. The van der Waals surface area contributed by atoms with Gasteiger partial charge in [-0.1, -0.05) is 43.4 Å². The number of likely N-dealkylation sites (N-methyl/N-ethyl adjacent to an activating group) is 1. The highest BCUT2D eigenvalue weighted by Gasteiger charge is 2.37. The molecule has 1 N–H and O–H groups in total. The number of benzene rings is 1. The molecule has 1 aliphatic heterocycles. The summed E-state index contributed by atoms with van der Waals surface area (Å²) < 4.78 is 0. The zero-order chi connectivity index (χ0) is 15.6. The summed E-state index contributed by atoms with van der Waals surface area (Å²) in [5, 5.41) is 3.09. The van der Waals surface area contributed by atoms with E-state index in [-0.39, 0.29) is 0 Å². The van der Waals surface area contributed by atoms with Crippen molar-refractivity contribution in [2.45, 2.75) is 44.9 Å². The highest BCUT2D eigenvalue weighted by Crippen LogP contribution is 2.41. The fourth-order valence-electron chi connectivity index (χ4n) is 4.51. The summed E-state index contributed by atoms with van der Waals surface area (Å²) in [7, 11) is 0.939. The van der Waals surface area contributed by atoms with Crippen LogP contribution in [0.1, 0.15) is 24.0 Å². The summed E-state index contributed by atoms with van der Waals surface area (Å²) in [4.78, 5) is 6.35. The predicted octanol–water partition coefficient (Wildman–Crippen LogP) is 3.61. The molecule has 2 heterocycles.